The Morgan fingerprint density at radius 1 is 1.16 bits per heavy atom. The molecule has 0 radical (unpaired) electrons. The van der Waals surface area contributed by atoms with E-state index in [-0.39, 0.29) is 5.56 Å². The van der Waals surface area contributed by atoms with Gasteiger partial charge in [-0.05, 0) is 31.2 Å². The number of carbonyl (C=O) groups is 1. The quantitative estimate of drug-likeness (QED) is 0.744. The molecule has 0 bridgehead atoms. The lowest BCUT2D eigenvalue weighted by molar-refractivity contribution is -0.112. The summed E-state index contributed by atoms with van der Waals surface area (Å²) < 4.78 is 6.38. The predicted molar refractivity (Wildman–Crippen MR) is 97.1 cm³/mol. The number of hydrogen-bond donors (Lipinski definition) is 1. The molecule has 2 aromatic carbocycles. The van der Waals surface area contributed by atoms with Gasteiger partial charge in [0.05, 0.1) is 18.0 Å². The van der Waals surface area contributed by atoms with Gasteiger partial charge in [0.2, 0.25) is 0 Å². The highest BCUT2D eigenvalue weighted by molar-refractivity contribution is 5.97. The fourth-order valence-corrected chi connectivity index (χ4v) is 2.49. The number of aryl methyl sites for hydroxylation is 1. The van der Waals surface area contributed by atoms with Crippen LogP contribution in [0.4, 0.5) is 0 Å². The summed E-state index contributed by atoms with van der Waals surface area (Å²) in [6.07, 6.45) is 2.97. The molecule has 1 aromatic heterocycles. The number of nitrogens with one attached hydrogen (secondary N) is 1. The van der Waals surface area contributed by atoms with E-state index in [0.717, 1.165) is 10.2 Å². The Balaban J connectivity index is 1.87. The summed E-state index contributed by atoms with van der Waals surface area (Å²) in [5.41, 5.74) is 3.60. The van der Waals surface area contributed by atoms with Gasteiger partial charge in [0.15, 0.2) is 0 Å². The molecule has 0 atom stereocenters. The molecule has 0 spiro atoms. The van der Waals surface area contributed by atoms with Gasteiger partial charge < -0.3 is 4.74 Å². The third-order valence-electron chi connectivity index (χ3n) is 3.72. The minimum Gasteiger partial charge on any atom is -0.496 e. The average molecular weight is 335 g/mol. The highest BCUT2D eigenvalue weighted by atomic mass is 16.5. The summed E-state index contributed by atoms with van der Waals surface area (Å²) in [5.74, 6) is 0.628. The van der Waals surface area contributed by atoms with Crippen molar-refractivity contribution in [3.8, 4) is 5.75 Å². The summed E-state index contributed by atoms with van der Waals surface area (Å²) in [5, 5.41) is 0.446. The van der Waals surface area contributed by atoms with E-state index in [9.17, 15) is 9.59 Å². The number of ether oxygens (including phenoxy) is 1. The highest BCUT2D eigenvalue weighted by Crippen LogP contribution is 2.18. The number of nitrogens with zero attached hydrogens (tertiary/aromatic N) is 2. The van der Waals surface area contributed by atoms with Crippen LogP contribution < -0.4 is 15.7 Å². The third-order valence-corrected chi connectivity index (χ3v) is 3.72. The van der Waals surface area contributed by atoms with Crippen LogP contribution in [0.15, 0.2) is 59.4 Å². The van der Waals surface area contributed by atoms with Crippen molar-refractivity contribution >= 4 is 22.9 Å². The van der Waals surface area contributed by atoms with Crippen molar-refractivity contribution < 1.29 is 9.53 Å². The van der Waals surface area contributed by atoms with Crippen LogP contribution >= 0.6 is 0 Å². The van der Waals surface area contributed by atoms with E-state index >= 15 is 0 Å². The minimum absolute atomic E-state index is 0.317. The maximum absolute atomic E-state index is 12.5. The molecule has 3 aromatic rings. The Morgan fingerprint density at radius 2 is 1.88 bits per heavy atom. The zero-order valence-electron chi connectivity index (χ0n) is 13.9. The van der Waals surface area contributed by atoms with Crippen LogP contribution in [0, 0.1) is 6.92 Å². The number of para-hydroxylation sites is 2. The lowest BCUT2D eigenvalue weighted by Crippen LogP contribution is -2.34. The van der Waals surface area contributed by atoms with Crippen molar-refractivity contribution in [1.29, 1.82) is 0 Å². The molecule has 6 heteroatoms. The molecule has 0 aliphatic carbocycles. The van der Waals surface area contributed by atoms with Gasteiger partial charge in [0.25, 0.3) is 11.5 Å². The van der Waals surface area contributed by atoms with Crippen molar-refractivity contribution in [1.82, 2.24) is 9.66 Å². The number of amides is 1. The molecule has 3 rings (SSSR count). The van der Waals surface area contributed by atoms with Gasteiger partial charge in [0.1, 0.15) is 11.6 Å². The Hall–Kier alpha value is -3.41. The average Bonchev–Trinajstić information content (AvgIpc) is 2.63. The van der Waals surface area contributed by atoms with Crippen molar-refractivity contribution in [3.63, 3.8) is 0 Å². The summed E-state index contributed by atoms with van der Waals surface area (Å²) in [7, 11) is 1.57. The number of methoxy groups -OCH3 is 1. The first kappa shape index (κ1) is 16.4. The molecule has 1 amide bonds. The van der Waals surface area contributed by atoms with Crippen LogP contribution in [-0.2, 0) is 4.79 Å². The third kappa shape index (κ3) is 3.42. The van der Waals surface area contributed by atoms with Crippen LogP contribution in [0.1, 0.15) is 11.4 Å². The van der Waals surface area contributed by atoms with Crippen molar-refractivity contribution in [2.45, 2.75) is 6.92 Å². The lowest BCUT2D eigenvalue weighted by Gasteiger charge is -2.10. The second-order valence-corrected chi connectivity index (χ2v) is 5.37. The van der Waals surface area contributed by atoms with Gasteiger partial charge in [-0.2, -0.15) is 0 Å². The second-order valence-electron chi connectivity index (χ2n) is 5.37. The fourth-order valence-electron chi connectivity index (χ4n) is 2.49. The molecule has 0 saturated heterocycles. The maximum atomic E-state index is 12.5. The molecule has 0 fully saturated rings. The Kier molecular flexibility index (Phi) is 4.61. The molecule has 0 aliphatic heterocycles. The van der Waals surface area contributed by atoms with Crippen molar-refractivity contribution in [2.24, 2.45) is 0 Å². The van der Waals surface area contributed by atoms with Gasteiger partial charge in [-0.15, -0.1) is 0 Å². The number of benzene rings is 2. The minimum atomic E-state index is -0.437. The molecule has 6 nitrogen and oxygen atoms in total. The molecule has 1 N–H and O–H groups in total. The second kappa shape index (κ2) is 7.00. The molecular formula is C19H17N3O3. The number of carbonyl (C=O) groups excluding carboxylic acids is 1. The molecule has 0 saturated carbocycles. The van der Waals surface area contributed by atoms with Crippen LogP contribution in [0.25, 0.3) is 17.0 Å². The summed E-state index contributed by atoms with van der Waals surface area (Å²) >= 11 is 0. The highest BCUT2D eigenvalue weighted by Gasteiger charge is 2.09. The van der Waals surface area contributed by atoms with Gasteiger partial charge in [-0.3, -0.25) is 15.0 Å². The number of fused-ring (bicyclic) bond motifs is 1. The van der Waals surface area contributed by atoms with E-state index < -0.39 is 5.91 Å². The Bertz CT molecular complexity index is 1020. The summed E-state index contributed by atoms with van der Waals surface area (Å²) in [4.78, 5) is 29.1. The van der Waals surface area contributed by atoms with Crippen molar-refractivity contribution in [3.05, 3.63) is 76.3 Å². The topological polar surface area (TPSA) is 73.2 Å². The Morgan fingerprint density at radius 3 is 2.68 bits per heavy atom. The van der Waals surface area contributed by atoms with E-state index in [1.54, 1.807) is 44.4 Å². The first-order chi connectivity index (χ1) is 12.1. The van der Waals surface area contributed by atoms with Gasteiger partial charge >= 0.3 is 0 Å². The van der Waals surface area contributed by atoms with E-state index in [1.165, 1.54) is 6.08 Å². The van der Waals surface area contributed by atoms with Gasteiger partial charge in [-0.25, -0.2) is 9.66 Å². The number of hydrogen-bond acceptors (Lipinski definition) is 4. The van der Waals surface area contributed by atoms with E-state index in [2.05, 4.69) is 10.4 Å². The Labute approximate surface area is 144 Å². The SMILES string of the molecule is COc1ccccc1C=CC(=O)Nn1c(C)nc2ccccc2c1=O. The number of rotatable bonds is 4. The monoisotopic (exact) mass is 335 g/mol. The largest absolute Gasteiger partial charge is 0.496 e. The molecule has 0 unspecified atom stereocenters. The van der Waals surface area contributed by atoms with Crippen molar-refractivity contribution in [2.75, 3.05) is 12.5 Å². The van der Waals surface area contributed by atoms with Gasteiger partial charge in [0, 0.05) is 11.6 Å². The molecular weight excluding hydrogens is 318 g/mol. The number of aromatic nitrogens is 2. The van der Waals surface area contributed by atoms with Crippen LogP contribution in [0.3, 0.4) is 0 Å². The molecule has 25 heavy (non-hydrogen) atoms. The van der Waals surface area contributed by atoms with Crippen LogP contribution in [-0.4, -0.2) is 22.7 Å². The first-order valence-electron chi connectivity index (χ1n) is 7.70. The maximum Gasteiger partial charge on any atom is 0.280 e. The van der Waals surface area contributed by atoms with E-state index in [0.29, 0.717) is 22.5 Å². The predicted octanol–water partition coefficient (Wildman–Crippen LogP) is 2.50. The van der Waals surface area contributed by atoms with Crippen LogP contribution in [0.5, 0.6) is 5.75 Å². The normalized spacial score (nSPS) is 11.0. The fraction of sp³-hybridized carbons (Fsp3) is 0.105. The zero-order chi connectivity index (χ0) is 17.8. The molecule has 0 aliphatic rings. The summed E-state index contributed by atoms with van der Waals surface area (Å²) in [6.45, 7) is 1.66. The summed E-state index contributed by atoms with van der Waals surface area (Å²) in [6, 6.07) is 14.3. The molecule has 1 heterocycles. The first-order valence-corrected chi connectivity index (χ1v) is 7.70. The molecule has 126 valence electrons. The lowest BCUT2D eigenvalue weighted by atomic mass is 10.2. The standard InChI is InChI=1S/C19H17N3O3/c1-13-20-16-9-5-4-8-15(16)19(24)22(13)21-18(23)12-11-14-7-3-6-10-17(14)25-2/h3-12H,1-2H3,(H,21,23). The van der Waals surface area contributed by atoms with E-state index in [4.69, 9.17) is 4.74 Å². The smallest absolute Gasteiger partial charge is 0.280 e. The van der Waals surface area contributed by atoms with Crippen LogP contribution in [0.2, 0.25) is 0 Å². The van der Waals surface area contributed by atoms with Gasteiger partial charge in [-0.1, -0.05) is 30.3 Å². The zero-order valence-corrected chi connectivity index (χ0v) is 13.9. The van der Waals surface area contributed by atoms with E-state index in [1.807, 2.05) is 24.3 Å².